The molecule has 1 rings (SSSR count). The zero-order chi connectivity index (χ0) is 13.6. The van der Waals surface area contributed by atoms with Crippen molar-refractivity contribution in [3.8, 4) is 0 Å². The zero-order valence-electron chi connectivity index (χ0n) is 12.2. The van der Waals surface area contributed by atoms with Crippen molar-refractivity contribution >= 4 is 17.2 Å². The van der Waals surface area contributed by atoms with Crippen molar-refractivity contribution in [3.05, 3.63) is 0 Å². The van der Waals surface area contributed by atoms with Crippen LogP contribution in [0.5, 0.6) is 0 Å². The molecule has 0 aliphatic carbocycles. The van der Waals surface area contributed by atoms with Crippen LogP contribution in [0.1, 0.15) is 46.5 Å². The molecule has 0 saturated carbocycles. The molecule has 0 radical (unpaired) electrons. The molecule has 1 aliphatic rings. The summed E-state index contributed by atoms with van der Waals surface area (Å²) in [6.07, 6.45) is 5.39. The van der Waals surface area contributed by atoms with Gasteiger partial charge in [0.15, 0.2) is 0 Å². The Bertz CT molecular complexity index is 258. The highest BCUT2D eigenvalue weighted by Crippen LogP contribution is 2.17. The molecule has 0 aromatic rings. The second-order valence-electron chi connectivity index (χ2n) is 5.81. The summed E-state index contributed by atoms with van der Waals surface area (Å²) in [5, 5.41) is 0. The maximum atomic E-state index is 5.83. The minimum absolute atomic E-state index is 0.135. The van der Waals surface area contributed by atoms with Crippen molar-refractivity contribution in [2.24, 2.45) is 5.73 Å². The first-order valence-electron chi connectivity index (χ1n) is 7.25. The van der Waals surface area contributed by atoms with Crippen molar-refractivity contribution in [3.63, 3.8) is 0 Å². The molecule has 1 fully saturated rings. The molecule has 0 amide bonds. The number of nitrogens with two attached hydrogens (primary N) is 1. The second kappa shape index (κ2) is 7.41. The molecule has 1 heterocycles. The Balaban J connectivity index is 2.26. The van der Waals surface area contributed by atoms with Gasteiger partial charge in [-0.25, -0.2) is 0 Å². The maximum Gasteiger partial charge on any atom is 0.0928 e. The third-order valence-electron chi connectivity index (χ3n) is 4.09. The van der Waals surface area contributed by atoms with Gasteiger partial charge >= 0.3 is 0 Å². The first kappa shape index (κ1) is 15.9. The highest BCUT2D eigenvalue weighted by molar-refractivity contribution is 7.80. The van der Waals surface area contributed by atoms with Crippen LogP contribution in [0.25, 0.3) is 0 Å². The molecule has 1 aliphatic heterocycles. The van der Waals surface area contributed by atoms with Crippen LogP contribution in [-0.2, 0) is 0 Å². The molecule has 0 atom stereocenters. The van der Waals surface area contributed by atoms with Gasteiger partial charge in [-0.05, 0) is 26.8 Å². The van der Waals surface area contributed by atoms with E-state index in [1.165, 1.54) is 32.2 Å². The van der Waals surface area contributed by atoms with Gasteiger partial charge in [-0.2, -0.15) is 0 Å². The molecule has 0 spiro atoms. The monoisotopic (exact) mass is 271 g/mol. The number of hydrogen-bond donors (Lipinski definition) is 1. The second-order valence-corrected chi connectivity index (χ2v) is 6.25. The molecular weight excluding hydrogens is 242 g/mol. The predicted molar refractivity (Wildman–Crippen MR) is 83.0 cm³/mol. The zero-order valence-corrected chi connectivity index (χ0v) is 13.1. The lowest BCUT2D eigenvalue weighted by molar-refractivity contribution is 0.0850. The molecule has 18 heavy (non-hydrogen) atoms. The van der Waals surface area contributed by atoms with E-state index in [9.17, 15) is 0 Å². The summed E-state index contributed by atoms with van der Waals surface area (Å²) in [7, 11) is 0. The fourth-order valence-electron chi connectivity index (χ4n) is 2.45. The molecule has 0 aromatic carbocycles. The van der Waals surface area contributed by atoms with Gasteiger partial charge < -0.3 is 10.6 Å². The van der Waals surface area contributed by atoms with Gasteiger partial charge in [-0.15, -0.1) is 0 Å². The molecule has 1 saturated heterocycles. The standard InChI is InChI=1S/C14H29N3S/c1-4-5-6-7-8-16-9-11-17(12-10-16)14(2,3)13(15)18/h4-12H2,1-3H3,(H2,15,18). The lowest BCUT2D eigenvalue weighted by atomic mass is 10.0. The molecule has 0 bridgehead atoms. The van der Waals surface area contributed by atoms with Crippen LogP contribution < -0.4 is 5.73 Å². The molecular formula is C14H29N3S. The fraction of sp³-hybridized carbons (Fsp3) is 0.929. The Hall–Kier alpha value is -0.190. The Kier molecular flexibility index (Phi) is 6.53. The summed E-state index contributed by atoms with van der Waals surface area (Å²) < 4.78 is 0. The van der Waals surface area contributed by atoms with E-state index in [-0.39, 0.29) is 5.54 Å². The first-order valence-corrected chi connectivity index (χ1v) is 7.66. The number of nitrogens with zero attached hydrogens (tertiary/aromatic N) is 2. The van der Waals surface area contributed by atoms with Gasteiger partial charge in [0, 0.05) is 26.2 Å². The first-order chi connectivity index (χ1) is 8.48. The summed E-state index contributed by atoms with van der Waals surface area (Å²) in [6, 6.07) is 0. The third kappa shape index (κ3) is 4.48. The molecule has 2 N–H and O–H groups in total. The SMILES string of the molecule is CCCCCCN1CCN(C(C)(C)C(N)=S)CC1. The Morgan fingerprint density at radius 2 is 1.72 bits per heavy atom. The minimum atomic E-state index is -0.135. The number of piperazine rings is 1. The van der Waals surface area contributed by atoms with E-state index in [1.54, 1.807) is 0 Å². The average Bonchev–Trinajstić information content (AvgIpc) is 2.35. The number of rotatable bonds is 7. The lowest BCUT2D eigenvalue weighted by Gasteiger charge is -2.43. The summed E-state index contributed by atoms with van der Waals surface area (Å²) in [6.45, 7) is 12.2. The smallest absolute Gasteiger partial charge is 0.0928 e. The van der Waals surface area contributed by atoms with E-state index in [0.717, 1.165) is 26.2 Å². The van der Waals surface area contributed by atoms with Crippen molar-refractivity contribution in [2.45, 2.75) is 52.0 Å². The Labute approximate surface area is 118 Å². The predicted octanol–water partition coefficient (Wildman–Crippen LogP) is 2.25. The summed E-state index contributed by atoms with van der Waals surface area (Å²) in [5.74, 6) is 0. The van der Waals surface area contributed by atoms with E-state index >= 15 is 0 Å². The topological polar surface area (TPSA) is 32.5 Å². The Morgan fingerprint density at radius 3 is 2.22 bits per heavy atom. The lowest BCUT2D eigenvalue weighted by Crippen LogP contribution is -2.59. The number of unbranched alkanes of at least 4 members (excludes halogenated alkanes) is 3. The molecule has 3 nitrogen and oxygen atoms in total. The largest absolute Gasteiger partial charge is 0.392 e. The van der Waals surface area contributed by atoms with E-state index in [0.29, 0.717) is 4.99 Å². The van der Waals surface area contributed by atoms with Gasteiger partial charge in [-0.3, -0.25) is 4.90 Å². The van der Waals surface area contributed by atoms with E-state index in [4.69, 9.17) is 18.0 Å². The van der Waals surface area contributed by atoms with Crippen LogP contribution in [0.15, 0.2) is 0 Å². The highest BCUT2D eigenvalue weighted by atomic mass is 32.1. The van der Waals surface area contributed by atoms with E-state index < -0.39 is 0 Å². The molecule has 0 aromatic heterocycles. The van der Waals surface area contributed by atoms with Crippen LogP contribution in [0.2, 0.25) is 0 Å². The molecule has 4 heteroatoms. The molecule has 0 unspecified atom stereocenters. The van der Waals surface area contributed by atoms with Gasteiger partial charge in [-0.1, -0.05) is 38.4 Å². The maximum absolute atomic E-state index is 5.83. The summed E-state index contributed by atoms with van der Waals surface area (Å²) >= 11 is 5.16. The summed E-state index contributed by atoms with van der Waals surface area (Å²) in [5.41, 5.74) is 5.69. The number of hydrogen-bond acceptors (Lipinski definition) is 3. The quantitative estimate of drug-likeness (QED) is 0.569. The van der Waals surface area contributed by atoms with Gasteiger partial charge in [0.05, 0.1) is 10.5 Å². The van der Waals surface area contributed by atoms with Crippen molar-refractivity contribution in [1.29, 1.82) is 0 Å². The van der Waals surface area contributed by atoms with E-state index in [2.05, 4.69) is 30.6 Å². The molecule has 106 valence electrons. The van der Waals surface area contributed by atoms with Crippen molar-refractivity contribution < 1.29 is 0 Å². The van der Waals surface area contributed by atoms with Gasteiger partial charge in [0.25, 0.3) is 0 Å². The number of thiocarbonyl (C=S) groups is 1. The minimum Gasteiger partial charge on any atom is -0.392 e. The van der Waals surface area contributed by atoms with Crippen molar-refractivity contribution in [1.82, 2.24) is 9.80 Å². The van der Waals surface area contributed by atoms with Crippen LogP contribution in [0.4, 0.5) is 0 Å². The van der Waals surface area contributed by atoms with Crippen LogP contribution in [0.3, 0.4) is 0 Å². The fourth-order valence-corrected chi connectivity index (χ4v) is 2.58. The normalized spacial score (nSPS) is 19.1. The average molecular weight is 271 g/mol. The van der Waals surface area contributed by atoms with E-state index in [1.807, 2.05) is 0 Å². The van der Waals surface area contributed by atoms with Crippen molar-refractivity contribution in [2.75, 3.05) is 32.7 Å². The van der Waals surface area contributed by atoms with Crippen LogP contribution >= 0.6 is 12.2 Å². The van der Waals surface area contributed by atoms with Gasteiger partial charge in [0.2, 0.25) is 0 Å². The summed E-state index contributed by atoms with van der Waals surface area (Å²) in [4.78, 5) is 5.60. The van der Waals surface area contributed by atoms with Crippen LogP contribution in [0, 0.1) is 0 Å². The Morgan fingerprint density at radius 1 is 1.11 bits per heavy atom. The van der Waals surface area contributed by atoms with Crippen LogP contribution in [-0.4, -0.2) is 53.1 Å². The third-order valence-corrected chi connectivity index (χ3v) is 4.59. The highest BCUT2D eigenvalue weighted by Gasteiger charge is 2.31. The van der Waals surface area contributed by atoms with Gasteiger partial charge in [0.1, 0.15) is 0 Å².